The van der Waals surface area contributed by atoms with Crippen LogP contribution in [0.15, 0.2) is 23.1 Å². The first kappa shape index (κ1) is 20.4. The van der Waals surface area contributed by atoms with E-state index in [0.717, 1.165) is 13.1 Å². The molecule has 0 saturated carbocycles. The molecule has 0 aliphatic heterocycles. The van der Waals surface area contributed by atoms with Gasteiger partial charge in [-0.25, -0.2) is 13.2 Å². The molecule has 6 nitrogen and oxygen atoms in total. The van der Waals surface area contributed by atoms with Crippen LogP contribution in [0.4, 0.5) is 13.2 Å². The first-order valence-electron chi connectivity index (χ1n) is 6.93. The highest BCUT2D eigenvalue weighted by atomic mass is 32.2. The number of aliphatic hydroxyl groups excluding tert-OH is 1. The van der Waals surface area contributed by atoms with E-state index in [9.17, 15) is 31.5 Å². The number of hydrogen-bond donors (Lipinski definition) is 1. The van der Waals surface area contributed by atoms with Crippen LogP contribution in [0.3, 0.4) is 0 Å². The summed E-state index contributed by atoms with van der Waals surface area (Å²) < 4.78 is 69.1. The second-order valence-electron chi connectivity index (χ2n) is 5.10. The topological polar surface area (TPSA) is 83.9 Å². The average Bonchev–Trinajstić information content (AvgIpc) is 2.45. The number of halogens is 3. The molecule has 24 heavy (non-hydrogen) atoms. The molecule has 1 N–H and O–H groups in total. The molecule has 1 atom stereocenters. The summed E-state index contributed by atoms with van der Waals surface area (Å²) in [4.78, 5) is 11.0. The number of rotatable bonds is 6. The molecule has 1 rings (SSSR count). The predicted molar refractivity (Wildman–Crippen MR) is 78.9 cm³/mol. The molecule has 0 aromatic heterocycles. The van der Waals surface area contributed by atoms with Gasteiger partial charge in [-0.2, -0.15) is 17.5 Å². The van der Waals surface area contributed by atoms with E-state index in [2.05, 4.69) is 4.74 Å². The van der Waals surface area contributed by atoms with Crippen molar-refractivity contribution in [3.05, 3.63) is 29.3 Å². The third-order valence-corrected chi connectivity index (χ3v) is 4.78. The van der Waals surface area contributed by atoms with Gasteiger partial charge in [-0.1, -0.05) is 0 Å². The van der Waals surface area contributed by atoms with Crippen molar-refractivity contribution in [3.8, 4) is 0 Å². The van der Waals surface area contributed by atoms with E-state index < -0.39 is 44.3 Å². The summed E-state index contributed by atoms with van der Waals surface area (Å²) in [5, 5.41) is 9.27. The van der Waals surface area contributed by atoms with Crippen LogP contribution in [0.5, 0.6) is 0 Å². The summed E-state index contributed by atoms with van der Waals surface area (Å²) in [6, 6.07) is 1.80. The van der Waals surface area contributed by atoms with E-state index in [1.165, 1.54) is 13.8 Å². The largest absolute Gasteiger partial charge is 0.462 e. The Kier molecular flexibility index (Phi) is 6.37. The van der Waals surface area contributed by atoms with Crippen LogP contribution in [0.2, 0.25) is 0 Å². The Labute approximate surface area is 137 Å². The zero-order chi connectivity index (χ0) is 18.7. The molecule has 0 aliphatic rings. The minimum atomic E-state index is -4.84. The molecule has 1 aromatic rings. The molecule has 0 radical (unpaired) electrons. The Bertz CT molecular complexity index is 701. The van der Waals surface area contributed by atoms with Gasteiger partial charge in [0.1, 0.15) is 0 Å². The summed E-state index contributed by atoms with van der Waals surface area (Å²) in [7, 11) is -3.20. The number of esters is 1. The molecule has 0 aliphatic carbocycles. The monoisotopic (exact) mass is 369 g/mol. The quantitative estimate of drug-likeness (QED) is 0.774. The summed E-state index contributed by atoms with van der Waals surface area (Å²) in [6.45, 7) is 2.42. The highest BCUT2D eigenvalue weighted by molar-refractivity contribution is 7.89. The highest BCUT2D eigenvalue weighted by Crippen LogP contribution is 2.32. The molecule has 1 aromatic carbocycles. The molecule has 0 unspecified atom stereocenters. The fourth-order valence-corrected chi connectivity index (χ4v) is 3.22. The van der Waals surface area contributed by atoms with Crippen molar-refractivity contribution in [3.63, 3.8) is 0 Å². The maximum Gasteiger partial charge on any atom is 0.416 e. The fourth-order valence-electron chi connectivity index (χ4n) is 1.89. The van der Waals surface area contributed by atoms with Crippen molar-refractivity contribution in [1.82, 2.24) is 4.31 Å². The lowest BCUT2D eigenvalue weighted by Gasteiger charge is -2.20. The predicted octanol–water partition coefficient (Wildman–Crippen LogP) is 1.88. The van der Waals surface area contributed by atoms with Crippen LogP contribution in [0.1, 0.15) is 29.8 Å². The highest BCUT2D eigenvalue weighted by Gasteiger charge is 2.34. The Morgan fingerprint density at radius 1 is 1.33 bits per heavy atom. The van der Waals surface area contributed by atoms with Crippen LogP contribution < -0.4 is 0 Å². The first-order valence-corrected chi connectivity index (χ1v) is 8.37. The molecule has 0 bridgehead atoms. The molecular weight excluding hydrogens is 351 g/mol. The Balaban J connectivity index is 3.46. The van der Waals surface area contributed by atoms with Crippen molar-refractivity contribution < 1.29 is 36.2 Å². The van der Waals surface area contributed by atoms with Gasteiger partial charge in [-0.3, -0.25) is 0 Å². The van der Waals surface area contributed by atoms with Gasteiger partial charge in [0.2, 0.25) is 10.0 Å². The number of carbonyl (C=O) groups is 1. The number of likely N-dealkylation sites (N-methyl/N-ethyl adjacent to an activating group) is 1. The van der Waals surface area contributed by atoms with Crippen molar-refractivity contribution in [2.75, 3.05) is 20.2 Å². The number of nitrogens with zero attached hydrogens (tertiary/aromatic N) is 1. The van der Waals surface area contributed by atoms with Crippen LogP contribution in [-0.2, 0) is 20.9 Å². The summed E-state index contributed by atoms with van der Waals surface area (Å²) in [5.74, 6) is -1.06. The SMILES string of the molecule is CCOC(=O)c1cc(C(F)(F)F)cc(S(=O)(=O)N(C)C[C@H](C)O)c1. The average molecular weight is 369 g/mol. The number of carbonyl (C=O) groups excluding carboxylic acids is 1. The molecule has 0 saturated heterocycles. The van der Waals surface area contributed by atoms with Crippen LogP contribution in [0, 0.1) is 0 Å². The maximum absolute atomic E-state index is 13.0. The van der Waals surface area contributed by atoms with E-state index >= 15 is 0 Å². The second-order valence-corrected chi connectivity index (χ2v) is 7.14. The number of alkyl halides is 3. The van der Waals surface area contributed by atoms with Gasteiger partial charge in [0.05, 0.1) is 28.7 Å². The molecule has 0 spiro atoms. The minimum Gasteiger partial charge on any atom is -0.462 e. The van der Waals surface area contributed by atoms with Gasteiger partial charge < -0.3 is 9.84 Å². The Morgan fingerprint density at radius 3 is 2.38 bits per heavy atom. The van der Waals surface area contributed by atoms with Crippen molar-refractivity contribution in [2.24, 2.45) is 0 Å². The lowest BCUT2D eigenvalue weighted by atomic mass is 10.1. The second kappa shape index (κ2) is 7.49. The Hall–Kier alpha value is -1.65. The van der Waals surface area contributed by atoms with Crippen LogP contribution in [0.25, 0.3) is 0 Å². The van der Waals surface area contributed by atoms with E-state index in [1.54, 1.807) is 0 Å². The van der Waals surface area contributed by atoms with E-state index in [4.69, 9.17) is 0 Å². The molecule has 0 amide bonds. The van der Waals surface area contributed by atoms with E-state index in [-0.39, 0.29) is 13.2 Å². The fraction of sp³-hybridized carbons (Fsp3) is 0.500. The number of sulfonamides is 1. The zero-order valence-electron chi connectivity index (χ0n) is 13.3. The summed E-state index contributed by atoms with van der Waals surface area (Å²) in [5.41, 5.74) is -1.80. The standard InChI is InChI=1S/C14H18F3NO5S/c1-4-23-13(20)10-5-11(14(15,16)17)7-12(6-10)24(21,22)18(3)8-9(2)19/h5-7,9,19H,4,8H2,1-3H3/t9-/m0/s1. The summed E-state index contributed by atoms with van der Waals surface area (Å²) in [6.07, 6.45) is -5.85. The van der Waals surface area contributed by atoms with Gasteiger partial charge in [0, 0.05) is 13.6 Å². The van der Waals surface area contributed by atoms with Crippen LogP contribution in [-0.4, -0.2) is 50.1 Å². The van der Waals surface area contributed by atoms with Crippen LogP contribution >= 0.6 is 0 Å². The van der Waals surface area contributed by atoms with E-state index in [1.807, 2.05) is 0 Å². The number of ether oxygens (including phenoxy) is 1. The molecule has 10 heteroatoms. The normalized spacial score (nSPS) is 13.8. The van der Waals surface area contributed by atoms with Gasteiger partial charge in [-0.15, -0.1) is 0 Å². The summed E-state index contributed by atoms with van der Waals surface area (Å²) >= 11 is 0. The van der Waals surface area contributed by atoms with Gasteiger partial charge in [0.25, 0.3) is 0 Å². The maximum atomic E-state index is 13.0. The molecule has 136 valence electrons. The van der Waals surface area contributed by atoms with Gasteiger partial charge in [-0.05, 0) is 32.0 Å². The Morgan fingerprint density at radius 2 is 1.92 bits per heavy atom. The zero-order valence-corrected chi connectivity index (χ0v) is 14.1. The number of hydrogen-bond acceptors (Lipinski definition) is 5. The van der Waals surface area contributed by atoms with Crippen molar-refractivity contribution in [2.45, 2.75) is 31.0 Å². The van der Waals surface area contributed by atoms with Gasteiger partial charge >= 0.3 is 12.1 Å². The number of benzene rings is 1. The number of aliphatic hydroxyl groups is 1. The smallest absolute Gasteiger partial charge is 0.416 e. The molecule has 0 fully saturated rings. The molecule has 0 heterocycles. The molecular formula is C14H18F3NO5S. The van der Waals surface area contributed by atoms with E-state index in [0.29, 0.717) is 16.4 Å². The van der Waals surface area contributed by atoms with Crippen molar-refractivity contribution in [1.29, 1.82) is 0 Å². The lowest BCUT2D eigenvalue weighted by molar-refractivity contribution is -0.137. The van der Waals surface area contributed by atoms with Crippen molar-refractivity contribution >= 4 is 16.0 Å². The first-order chi connectivity index (χ1) is 10.9. The third kappa shape index (κ3) is 4.92. The van der Waals surface area contributed by atoms with Gasteiger partial charge in [0.15, 0.2) is 0 Å². The lowest BCUT2D eigenvalue weighted by Crippen LogP contribution is -2.33. The minimum absolute atomic E-state index is 0.0703. The third-order valence-electron chi connectivity index (χ3n) is 2.97.